The summed E-state index contributed by atoms with van der Waals surface area (Å²) in [5, 5.41) is 23.5. The molecule has 1 unspecified atom stereocenters. The van der Waals surface area contributed by atoms with Gasteiger partial charge in [0.05, 0.1) is 17.4 Å². The molecule has 0 aliphatic heterocycles. The van der Waals surface area contributed by atoms with Crippen LogP contribution >= 0.6 is 0 Å². The average molecular weight is 249 g/mol. The number of nitro groups is 1. The first-order chi connectivity index (χ1) is 8.56. The number of hydrogen-bond donors (Lipinski definition) is 1. The Bertz CT molecular complexity index is 565. The maximum Gasteiger partial charge on any atom is 0.270 e. The lowest BCUT2D eigenvalue weighted by atomic mass is 10.2. The van der Waals surface area contributed by atoms with Gasteiger partial charge in [-0.3, -0.25) is 10.1 Å². The molecular weight excluding hydrogens is 238 g/mol. The van der Waals surface area contributed by atoms with Crippen molar-refractivity contribution in [3.8, 4) is 11.4 Å². The molecular formula is C11H11N3O4. The number of hydrogen-bond acceptors (Lipinski definition) is 6. The first kappa shape index (κ1) is 12.2. The van der Waals surface area contributed by atoms with Crippen LogP contribution in [0.2, 0.25) is 0 Å². The Hall–Kier alpha value is -2.28. The number of aromatic nitrogens is 2. The van der Waals surface area contributed by atoms with Crippen LogP contribution in [0.4, 0.5) is 5.69 Å². The van der Waals surface area contributed by atoms with Crippen molar-refractivity contribution in [1.29, 1.82) is 0 Å². The van der Waals surface area contributed by atoms with E-state index in [1.165, 1.54) is 12.1 Å². The molecule has 18 heavy (non-hydrogen) atoms. The Morgan fingerprint density at radius 1 is 1.56 bits per heavy atom. The molecule has 1 aromatic carbocycles. The fourth-order valence-corrected chi connectivity index (χ4v) is 1.47. The zero-order chi connectivity index (χ0) is 13.1. The van der Waals surface area contributed by atoms with Gasteiger partial charge in [-0.2, -0.15) is 4.98 Å². The molecule has 7 heteroatoms. The largest absolute Gasteiger partial charge is 0.393 e. The molecule has 0 saturated heterocycles. The maximum atomic E-state index is 10.6. The molecule has 1 heterocycles. The third kappa shape index (κ3) is 2.69. The van der Waals surface area contributed by atoms with Crippen molar-refractivity contribution in [2.45, 2.75) is 19.4 Å². The normalized spacial score (nSPS) is 12.3. The third-order valence-corrected chi connectivity index (χ3v) is 2.25. The van der Waals surface area contributed by atoms with E-state index < -0.39 is 11.0 Å². The number of rotatable bonds is 4. The number of aliphatic hydroxyl groups excluding tert-OH is 1. The van der Waals surface area contributed by atoms with E-state index in [-0.39, 0.29) is 17.9 Å². The SMILES string of the molecule is CC(O)Cc1nc(-c2cccc([N+](=O)[O-])c2)no1. The predicted octanol–water partition coefficient (Wildman–Crippen LogP) is 1.57. The lowest BCUT2D eigenvalue weighted by molar-refractivity contribution is -0.384. The highest BCUT2D eigenvalue weighted by atomic mass is 16.6. The summed E-state index contributed by atoms with van der Waals surface area (Å²) in [5.74, 6) is 0.570. The molecule has 0 fully saturated rings. The molecule has 0 spiro atoms. The molecule has 94 valence electrons. The molecule has 7 nitrogen and oxygen atoms in total. The average Bonchev–Trinajstić information content (AvgIpc) is 2.77. The fraction of sp³-hybridized carbons (Fsp3) is 0.273. The molecule has 0 bridgehead atoms. The van der Waals surface area contributed by atoms with Crippen LogP contribution in [-0.4, -0.2) is 26.3 Å². The van der Waals surface area contributed by atoms with E-state index in [1.807, 2.05) is 0 Å². The standard InChI is InChI=1S/C11H11N3O4/c1-7(15)5-10-12-11(13-18-10)8-3-2-4-9(6-8)14(16)17/h2-4,6-7,15H,5H2,1H3. The minimum absolute atomic E-state index is 0.0330. The Morgan fingerprint density at radius 3 is 3.00 bits per heavy atom. The van der Waals surface area contributed by atoms with Gasteiger partial charge in [0.25, 0.3) is 5.69 Å². The summed E-state index contributed by atoms with van der Waals surface area (Å²) in [6.07, 6.45) is -0.328. The van der Waals surface area contributed by atoms with E-state index in [2.05, 4.69) is 10.1 Å². The first-order valence-corrected chi connectivity index (χ1v) is 5.31. The van der Waals surface area contributed by atoms with Crippen LogP contribution in [0.3, 0.4) is 0 Å². The Kier molecular flexibility index (Phi) is 3.33. The lowest BCUT2D eigenvalue weighted by Gasteiger charge is -1.96. The van der Waals surface area contributed by atoms with Crippen molar-refractivity contribution >= 4 is 5.69 Å². The number of non-ortho nitro benzene ring substituents is 1. The van der Waals surface area contributed by atoms with Gasteiger partial charge in [0.1, 0.15) is 0 Å². The summed E-state index contributed by atoms with van der Waals surface area (Å²) in [6, 6.07) is 5.97. The van der Waals surface area contributed by atoms with E-state index in [1.54, 1.807) is 19.1 Å². The van der Waals surface area contributed by atoms with Crippen LogP contribution in [0, 0.1) is 10.1 Å². The Morgan fingerprint density at radius 2 is 2.33 bits per heavy atom. The zero-order valence-electron chi connectivity index (χ0n) is 9.61. The second-order valence-electron chi connectivity index (χ2n) is 3.87. The molecule has 0 saturated carbocycles. The fourth-order valence-electron chi connectivity index (χ4n) is 1.47. The van der Waals surface area contributed by atoms with E-state index in [0.29, 0.717) is 11.5 Å². The Balaban J connectivity index is 2.28. The second kappa shape index (κ2) is 4.92. The van der Waals surface area contributed by atoms with Crippen molar-refractivity contribution in [3.05, 3.63) is 40.3 Å². The monoisotopic (exact) mass is 249 g/mol. The number of aliphatic hydroxyl groups is 1. The highest BCUT2D eigenvalue weighted by Crippen LogP contribution is 2.21. The molecule has 2 rings (SSSR count). The van der Waals surface area contributed by atoms with Gasteiger partial charge in [-0.1, -0.05) is 17.3 Å². The van der Waals surface area contributed by atoms with E-state index in [9.17, 15) is 15.2 Å². The molecule has 0 aliphatic carbocycles. The van der Waals surface area contributed by atoms with Gasteiger partial charge in [0.15, 0.2) is 0 Å². The van der Waals surface area contributed by atoms with Crippen LogP contribution in [0.5, 0.6) is 0 Å². The van der Waals surface area contributed by atoms with Gasteiger partial charge >= 0.3 is 0 Å². The van der Waals surface area contributed by atoms with E-state index in [0.717, 1.165) is 0 Å². The van der Waals surface area contributed by atoms with Crippen LogP contribution < -0.4 is 0 Å². The summed E-state index contributed by atoms with van der Waals surface area (Å²) in [7, 11) is 0. The molecule has 1 aromatic heterocycles. The summed E-state index contributed by atoms with van der Waals surface area (Å²) in [5.41, 5.74) is 0.471. The van der Waals surface area contributed by atoms with Crippen molar-refractivity contribution in [3.63, 3.8) is 0 Å². The predicted molar refractivity (Wildman–Crippen MR) is 61.8 cm³/mol. The highest BCUT2D eigenvalue weighted by Gasteiger charge is 2.13. The van der Waals surface area contributed by atoms with Crippen molar-refractivity contribution in [2.24, 2.45) is 0 Å². The van der Waals surface area contributed by atoms with Gasteiger partial charge in [0.2, 0.25) is 11.7 Å². The van der Waals surface area contributed by atoms with Crippen LogP contribution in [-0.2, 0) is 6.42 Å². The van der Waals surface area contributed by atoms with Gasteiger partial charge in [-0.25, -0.2) is 0 Å². The highest BCUT2D eigenvalue weighted by molar-refractivity contribution is 5.58. The van der Waals surface area contributed by atoms with Crippen molar-refractivity contribution < 1.29 is 14.6 Å². The van der Waals surface area contributed by atoms with Gasteiger partial charge < -0.3 is 9.63 Å². The van der Waals surface area contributed by atoms with Gasteiger partial charge in [-0.05, 0) is 6.92 Å². The van der Waals surface area contributed by atoms with Crippen LogP contribution in [0.15, 0.2) is 28.8 Å². The van der Waals surface area contributed by atoms with Crippen molar-refractivity contribution in [2.75, 3.05) is 0 Å². The summed E-state index contributed by atoms with van der Waals surface area (Å²) < 4.78 is 4.94. The number of benzene rings is 1. The minimum Gasteiger partial charge on any atom is -0.393 e. The zero-order valence-corrected chi connectivity index (χ0v) is 9.61. The molecule has 1 atom stereocenters. The summed E-state index contributed by atoms with van der Waals surface area (Å²) in [4.78, 5) is 14.2. The smallest absolute Gasteiger partial charge is 0.270 e. The molecule has 1 N–H and O–H groups in total. The quantitative estimate of drug-likeness (QED) is 0.651. The third-order valence-electron chi connectivity index (χ3n) is 2.25. The summed E-state index contributed by atoms with van der Waals surface area (Å²) >= 11 is 0. The van der Waals surface area contributed by atoms with Gasteiger partial charge in [0, 0.05) is 17.7 Å². The van der Waals surface area contributed by atoms with E-state index >= 15 is 0 Å². The molecule has 0 amide bonds. The maximum absolute atomic E-state index is 10.6. The Labute approximate surface area is 102 Å². The lowest BCUT2D eigenvalue weighted by Crippen LogP contribution is -2.04. The van der Waals surface area contributed by atoms with Gasteiger partial charge in [-0.15, -0.1) is 0 Å². The molecule has 0 aliphatic rings. The second-order valence-corrected chi connectivity index (χ2v) is 3.87. The van der Waals surface area contributed by atoms with Crippen LogP contribution in [0.1, 0.15) is 12.8 Å². The minimum atomic E-state index is -0.580. The molecule has 0 radical (unpaired) electrons. The number of nitro benzene ring substituents is 1. The van der Waals surface area contributed by atoms with Crippen LogP contribution in [0.25, 0.3) is 11.4 Å². The molecule has 2 aromatic rings. The van der Waals surface area contributed by atoms with E-state index in [4.69, 9.17) is 4.52 Å². The summed E-state index contributed by atoms with van der Waals surface area (Å²) in [6.45, 7) is 1.61. The number of nitrogens with zero attached hydrogens (tertiary/aromatic N) is 3. The topological polar surface area (TPSA) is 102 Å². The van der Waals surface area contributed by atoms with Crippen molar-refractivity contribution in [1.82, 2.24) is 10.1 Å². The first-order valence-electron chi connectivity index (χ1n) is 5.31.